The van der Waals surface area contributed by atoms with Gasteiger partial charge in [-0.1, -0.05) is 0 Å². The van der Waals surface area contributed by atoms with Crippen LogP contribution in [0.5, 0.6) is 0 Å². The molecule has 0 aromatic heterocycles. The van der Waals surface area contributed by atoms with E-state index in [2.05, 4.69) is 0 Å². The molecule has 0 saturated carbocycles. The molecule has 0 aliphatic carbocycles. The van der Waals surface area contributed by atoms with E-state index in [1.165, 1.54) is 36.8 Å². The summed E-state index contributed by atoms with van der Waals surface area (Å²) in [5.41, 5.74) is -13.9. The molecule has 0 bridgehead atoms. The zero-order valence-corrected chi connectivity index (χ0v) is 31.7. The number of hydrogen-bond acceptors (Lipinski definition) is 4. The lowest BCUT2D eigenvalue weighted by Crippen LogP contribution is -2.81. The maximum Gasteiger partial charge on any atom is 0.211 e. The fourth-order valence-electron chi connectivity index (χ4n) is 6.16. The first-order valence-electron chi connectivity index (χ1n) is 15.8. The van der Waals surface area contributed by atoms with Gasteiger partial charge in [-0.2, -0.15) is 0 Å². The van der Waals surface area contributed by atoms with E-state index in [-0.39, 0.29) is 16.4 Å². The van der Waals surface area contributed by atoms with Crippen LogP contribution in [0.1, 0.15) is 10.4 Å². The number of carbonyl (C=O) groups is 1. The van der Waals surface area contributed by atoms with Gasteiger partial charge in [0.2, 0.25) is 5.78 Å². The van der Waals surface area contributed by atoms with E-state index >= 15 is 35.1 Å². The van der Waals surface area contributed by atoms with Crippen LogP contribution < -0.4 is 21.9 Å². The van der Waals surface area contributed by atoms with Gasteiger partial charge in [-0.05, 0) is 24.3 Å². The third-order valence-corrected chi connectivity index (χ3v) is 10.9. The summed E-state index contributed by atoms with van der Waals surface area (Å²) in [5.74, 6) is -71.7. The average molecular weight is 954 g/mol. The van der Waals surface area contributed by atoms with Crippen LogP contribution in [0, 0.1) is 116 Å². The highest BCUT2D eigenvalue weighted by molar-refractivity contribution is 8.02. The Morgan fingerprint density at radius 2 is 0.613 bits per heavy atom. The summed E-state index contributed by atoms with van der Waals surface area (Å²) in [4.78, 5) is 11.9. The van der Waals surface area contributed by atoms with Gasteiger partial charge < -0.3 is 0 Å². The van der Waals surface area contributed by atoms with Crippen molar-refractivity contribution < 1.29 is 105 Å². The largest absolute Gasteiger partial charge is 0.289 e. The zero-order valence-electron chi connectivity index (χ0n) is 30.1. The van der Waals surface area contributed by atoms with Crippen LogP contribution in [0.3, 0.4) is 0 Å². The summed E-state index contributed by atoms with van der Waals surface area (Å²) in [6, 6.07) is 5.67. The van der Waals surface area contributed by atoms with Crippen molar-refractivity contribution in [3.8, 4) is 0 Å². The summed E-state index contributed by atoms with van der Waals surface area (Å²) in [7, 11) is -5.38. The van der Waals surface area contributed by atoms with Crippen LogP contribution >= 0.6 is 0 Å². The van der Waals surface area contributed by atoms with Crippen molar-refractivity contribution in [2.24, 2.45) is 0 Å². The van der Waals surface area contributed by atoms with Crippen LogP contribution in [0.15, 0.2) is 29.2 Å². The number of hydrogen-bond donors (Lipinski definition) is 0. The number of sulfone groups is 1. The number of Topliss-reactive ketones (excluding diaryl/α,β-unsaturated/α-hetero) is 1. The van der Waals surface area contributed by atoms with Crippen LogP contribution in [0.2, 0.25) is 0 Å². The van der Waals surface area contributed by atoms with Crippen molar-refractivity contribution in [3.63, 3.8) is 0 Å². The highest BCUT2D eigenvalue weighted by Crippen LogP contribution is 2.31. The first-order valence-corrected chi connectivity index (χ1v) is 20.2. The summed E-state index contributed by atoms with van der Waals surface area (Å²) in [6.07, 6.45) is -3.06. The minimum atomic E-state index is -7.22. The van der Waals surface area contributed by atoms with Gasteiger partial charge in [-0.25, -0.2) is 96.2 Å². The molecule has 0 spiro atoms. The molecule has 5 rings (SSSR count). The molecule has 0 heterocycles. The number of ketones is 1. The lowest BCUT2D eigenvalue weighted by molar-refractivity contribution is 0.102. The lowest BCUT2D eigenvalue weighted by Gasteiger charge is -2.44. The second kappa shape index (κ2) is 17.0. The molecular weight excluding hydrogens is 939 g/mol. The SMILES string of the molecule is CS(=O)(=O)c1ccc(C(=O)C[S+](C)(C)=O)cc1.Fc1c(F)c(F)c([B-](c2c(F)c(F)c(F)c(F)c2F)(c2c(F)c(F)c(F)c(F)c2F)c2c(F)c(F)c(F)c(F)c2F)c(F)c1F. The molecule has 62 heavy (non-hydrogen) atoms. The Morgan fingerprint density at radius 3 is 0.790 bits per heavy atom. The predicted octanol–water partition coefficient (Wildman–Crippen LogP) is 6.88. The Balaban J connectivity index is 0.000000416. The van der Waals surface area contributed by atoms with Gasteiger partial charge in [0.1, 0.15) is 65.2 Å². The summed E-state index contributed by atoms with van der Waals surface area (Å²) >= 11 is 0. The van der Waals surface area contributed by atoms with Gasteiger partial charge in [0, 0.05) is 11.8 Å². The molecular formula is C35H15BF20O4S2. The molecule has 0 amide bonds. The standard InChI is InChI=1S/C24BF20.C11H15O4S2/c26-5-1(6(27)14(35)21(42)13(5)34)25(2-7(28)15(36)22(43)16(37)8(2)29,3-9(30)17(38)23(44)18(39)10(3)31)4-11(32)19(40)24(45)20(41)12(4)33;1-16(2,13)8-11(12)9-4-6-10(7-5-9)17(3,14)15/h;4-7H,8H2,1-3H3/q-1;+1. The molecule has 5 aromatic rings. The summed E-state index contributed by atoms with van der Waals surface area (Å²) in [6.45, 7) is 0. The summed E-state index contributed by atoms with van der Waals surface area (Å²) in [5, 5.41) is 0. The molecule has 0 saturated heterocycles. The maximum atomic E-state index is 15.4. The van der Waals surface area contributed by atoms with Crippen molar-refractivity contribution in [2.75, 3.05) is 24.5 Å². The number of carbonyl (C=O) groups excluding carboxylic acids is 1. The van der Waals surface area contributed by atoms with Crippen LogP contribution in [0.4, 0.5) is 87.8 Å². The molecule has 5 aromatic carbocycles. The number of benzene rings is 5. The van der Waals surface area contributed by atoms with Crippen LogP contribution in [-0.4, -0.2) is 44.9 Å². The van der Waals surface area contributed by atoms with E-state index in [0.717, 1.165) is 6.26 Å². The van der Waals surface area contributed by atoms with Gasteiger partial charge >= 0.3 is 0 Å². The van der Waals surface area contributed by atoms with Crippen molar-refractivity contribution >= 4 is 53.6 Å². The third-order valence-electron chi connectivity index (χ3n) is 8.79. The van der Waals surface area contributed by atoms with E-state index < -0.39 is 164 Å². The molecule has 0 radical (unpaired) electrons. The van der Waals surface area contributed by atoms with Crippen LogP contribution in [0.25, 0.3) is 0 Å². The molecule has 0 atom stereocenters. The smallest absolute Gasteiger partial charge is 0.211 e. The molecule has 0 fully saturated rings. The maximum absolute atomic E-state index is 15.4. The fraction of sp³-hybridized carbons (Fsp3) is 0.114. The van der Waals surface area contributed by atoms with Gasteiger partial charge in [0.05, 0.1) is 14.8 Å². The second-order valence-electron chi connectivity index (χ2n) is 13.1. The molecule has 0 aliphatic heterocycles. The Morgan fingerprint density at radius 1 is 0.419 bits per heavy atom. The Bertz CT molecular complexity index is 2490. The van der Waals surface area contributed by atoms with Gasteiger partial charge in [0.25, 0.3) is 0 Å². The van der Waals surface area contributed by atoms with E-state index in [4.69, 9.17) is 0 Å². The minimum Gasteiger partial charge on any atom is -0.289 e. The van der Waals surface area contributed by atoms with Crippen LogP contribution in [-0.2, 0) is 24.0 Å². The topological polar surface area (TPSA) is 68.3 Å². The average Bonchev–Trinajstić information content (AvgIpc) is 3.20. The highest BCUT2D eigenvalue weighted by Gasteiger charge is 2.52. The minimum absolute atomic E-state index is 0.0226. The number of rotatable bonds is 8. The molecule has 334 valence electrons. The van der Waals surface area contributed by atoms with E-state index in [9.17, 15) is 70.1 Å². The Hall–Kier alpha value is -5.47. The first-order chi connectivity index (χ1) is 28.3. The molecule has 0 unspecified atom stereocenters. The second-order valence-corrected chi connectivity index (χ2v) is 18.3. The van der Waals surface area contributed by atoms with Crippen molar-refractivity contribution in [1.29, 1.82) is 0 Å². The predicted molar refractivity (Wildman–Crippen MR) is 178 cm³/mol. The molecule has 0 aliphatic rings. The third kappa shape index (κ3) is 8.03. The number of halogens is 20. The Labute approximate surface area is 334 Å². The van der Waals surface area contributed by atoms with Gasteiger partial charge in [-0.15, -0.1) is 26.1 Å². The highest BCUT2D eigenvalue weighted by atomic mass is 32.2. The first kappa shape index (κ1) is 49.2. The van der Waals surface area contributed by atoms with Crippen molar-refractivity contribution in [2.45, 2.75) is 4.90 Å². The van der Waals surface area contributed by atoms with E-state index in [1.54, 1.807) is 0 Å². The van der Waals surface area contributed by atoms with Gasteiger partial charge in [-0.3, -0.25) is 4.79 Å². The molecule has 0 N–H and O–H groups in total. The van der Waals surface area contributed by atoms with E-state index in [0.29, 0.717) is 5.56 Å². The van der Waals surface area contributed by atoms with Crippen molar-refractivity contribution in [1.82, 2.24) is 0 Å². The fourth-order valence-corrected chi connectivity index (χ4v) is 7.59. The molecule has 4 nitrogen and oxygen atoms in total. The van der Waals surface area contributed by atoms with E-state index in [1.807, 2.05) is 0 Å². The zero-order chi connectivity index (χ0) is 47.6. The van der Waals surface area contributed by atoms with Gasteiger partial charge in [0.15, 0.2) is 85.4 Å². The summed E-state index contributed by atoms with van der Waals surface area (Å²) < 4.78 is 328. The Kier molecular flexibility index (Phi) is 13.5. The normalized spacial score (nSPS) is 12.1. The van der Waals surface area contributed by atoms with Crippen molar-refractivity contribution in [3.05, 3.63) is 146 Å². The molecule has 27 heteroatoms. The monoisotopic (exact) mass is 954 g/mol. The quantitative estimate of drug-likeness (QED) is 0.0426. The lowest BCUT2D eigenvalue weighted by atomic mass is 9.12.